The SMILES string of the molecule is CN(CC(C)(C)CN)C(=O)CN(Cc1cccnc1)c1ccccc1. The number of nitrogens with zero attached hydrogens (tertiary/aromatic N) is 3. The monoisotopic (exact) mass is 340 g/mol. The van der Waals surface area contributed by atoms with Crippen LogP contribution in [0.4, 0.5) is 5.69 Å². The molecule has 2 aromatic rings. The summed E-state index contributed by atoms with van der Waals surface area (Å²) in [7, 11) is 1.84. The van der Waals surface area contributed by atoms with Crippen LogP contribution in [0.3, 0.4) is 0 Å². The molecule has 0 spiro atoms. The number of pyridine rings is 1. The Morgan fingerprint density at radius 3 is 2.48 bits per heavy atom. The van der Waals surface area contributed by atoms with Gasteiger partial charge in [0.05, 0.1) is 6.54 Å². The number of likely N-dealkylation sites (N-methyl/N-ethyl adjacent to an activating group) is 1. The van der Waals surface area contributed by atoms with Crippen molar-refractivity contribution < 1.29 is 4.79 Å². The standard InChI is InChI=1S/C20H28N4O/c1-20(2,15-21)16-23(3)19(25)14-24(18-9-5-4-6-10-18)13-17-8-7-11-22-12-17/h4-12H,13-16,21H2,1-3H3. The van der Waals surface area contributed by atoms with Crippen LogP contribution in [0.15, 0.2) is 54.9 Å². The van der Waals surface area contributed by atoms with Gasteiger partial charge in [-0.25, -0.2) is 0 Å². The van der Waals surface area contributed by atoms with E-state index >= 15 is 0 Å². The zero-order valence-electron chi connectivity index (χ0n) is 15.4. The summed E-state index contributed by atoms with van der Waals surface area (Å²) >= 11 is 0. The van der Waals surface area contributed by atoms with Crippen molar-refractivity contribution in [3.05, 3.63) is 60.4 Å². The van der Waals surface area contributed by atoms with Gasteiger partial charge in [0.15, 0.2) is 0 Å². The number of rotatable bonds is 8. The minimum Gasteiger partial charge on any atom is -0.358 e. The van der Waals surface area contributed by atoms with Crippen LogP contribution < -0.4 is 10.6 Å². The highest BCUT2D eigenvalue weighted by atomic mass is 16.2. The Balaban J connectivity index is 2.12. The zero-order valence-corrected chi connectivity index (χ0v) is 15.4. The highest BCUT2D eigenvalue weighted by Crippen LogP contribution is 2.18. The van der Waals surface area contributed by atoms with E-state index in [0.29, 0.717) is 26.2 Å². The summed E-state index contributed by atoms with van der Waals surface area (Å²) in [5, 5.41) is 0. The second kappa shape index (κ2) is 8.62. The maximum Gasteiger partial charge on any atom is 0.241 e. The average Bonchev–Trinajstić information content (AvgIpc) is 2.62. The molecule has 0 radical (unpaired) electrons. The van der Waals surface area contributed by atoms with Crippen LogP contribution in [0, 0.1) is 5.41 Å². The van der Waals surface area contributed by atoms with Gasteiger partial charge in [0.1, 0.15) is 0 Å². The first-order valence-electron chi connectivity index (χ1n) is 8.54. The maximum absolute atomic E-state index is 12.7. The molecule has 1 aromatic heterocycles. The van der Waals surface area contributed by atoms with Crippen molar-refractivity contribution in [2.24, 2.45) is 11.1 Å². The summed E-state index contributed by atoms with van der Waals surface area (Å²) in [6.07, 6.45) is 3.59. The molecule has 2 rings (SSSR count). The predicted octanol–water partition coefficient (Wildman–Crippen LogP) is 2.53. The lowest BCUT2D eigenvalue weighted by Gasteiger charge is -2.31. The maximum atomic E-state index is 12.7. The third-order valence-corrected chi connectivity index (χ3v) is 4.19. The normalized spacial score (nSPS) is 11.2. The molecule has 0 aliphatic heterocycles. The lowest BCUT2D eigenvalue weighted by Crippen LogP contribution is -2.44. The van der Waals surface area contributed by atoms with Crippen LogP contribution in [0.1, 0.15) is 19.4 Å². The fourth-order valence-corrected chi connectivity index (χ4v) is 2.67. The molecule has 0 fully saturated rings. The van der Waals surface area contributed by atoms with Crippen molar-refractivity contribution >= 4 is 11.6 Å². The molecule has 5 nitrogen and oxygen atoms in total. The summed E-state index contributed by atoms with van der Waals surface area (Å²) in [6.45, 7) is 6.27. The molecule has 0 unspecified atom stereocenters. The van der Waals surface area contributed by atoms with Crippen molar-refractivity contribution in [2.75, 3.05) is 31.6 Å². The summed E-state index contributed by atoms with van der Waals surface area (Å²) in [6, 6.07) is 13.9. The Bertz CT molecular complexity index is 658. The topological polar surface area (TPSA) is 62.5 Å². The number of carbonyl (C=O) groups excluding carboxylic acids is 1. The van der Waals surface area contributed by atoms with E-state index in [0.717, 1.165) is 11.3 Å². The third-order valence-electron chi connectivity index (χ3n) is 4.19. The van der Waals surface area contributed by atoms with Crippen LogP contribution in [0.2, 0.25) is 0 Å². The van der Waals surface area contributed by atoms with Gasteiger partial charge in [-0.3, -0.25) is 9.78 Å². The minimum atomic E-state index is -0.0919. The van der Waals surface area contributed by atoms with E-state index in [-0.39, 0.29) is 11.3 Å². The average molecular weight is 340 g/mol. The van der Waals surface area contributed by atoms with Crippen molar-refractivity contribution in [3.8, 4) is 0 Å². The van der Waals surface area contributed by atoms with Gasteiger partial charge in [-0.05, 0) is 35.7 Å². The largest absolute Gasteiger partial charge is 0.358 e. The summed E-state index contributed by atoms with van der Waals surface area (Å²) in [5.41, 5.74) is 7.79. The number of anilines is 1. The molecule has 0 saturated heterocycles. The fraction of sp³-hybridized carbons (Fsp3) is 0.400. The molecule has 2 N–H and O–H groups in total. The molecule has 1 heterocycles. The zero-order chi connectivity index (χ0) is 18.3. The minimum absolute atomic E-state index is 0.0780. The Hall–Kier alpha value is -2.40. The molecule has 25 heavy (non-hydrogen) atoms. The van der Waals surface area contributed by atoms with Crippen molar-refractivity contribution in [3.63, 3.8) is 0 Å². The quantitative estimate of drug-likeness (QED) is 0.802. The van der Waals surface area contributed by atoms with Crippen molar-refractivity contribution in [1.29, 1.82) is 0 Å². The predicted molar refractivity (Wildman–Crippen MR) is 102 cm³/mol. The molecule has 134 valence electrons. The summed E-state index contributed by atoms with van der Waals surface area (Å²) in [5.74, 6) is 0.0780. The van der Waals surface area contributed by atoms with Crippen LogP contribution >= 0.6 is 0 Å². The molecule has 0 saturated carbocycles. The van der Waals surface area contributed by atoms with Gasteiger partial charge in [0.2, 0.25) is 5.91 Å². The first-order valence-corrected chi connectivity index (χ1v) is 8.54. The van der Waals surface area contributed by atoms with Crippen molar-refractivity contribution in [2.45, 2.75) is 20.4 Å². The van der Waals surface area contributed by atoms with Crippen LogP contribution in [-0.2, 0) is 11.3 Å². The Morgan fingerprint density at radius 1 is 1.16 bits per heavy atom. The van der Waals surface area contributed by atoms with Crippen molar-refractivity contribution in [1.82, 2.24) is 9.88 Å². The number of para-hydroxylation sites is 1. The van der Waals surface area contributed by atoms with Gasteiger partial charge in [-0.1, -0.05) is 38.1 Å². The van der Waals surface area contributed by atoms with E-state index in [2.05, 4.69) is 23.7 Å². The Morgan fingerprint density at radius 2 is 1.88 bits per heavy atom. The summed E-state index contributed by atoms with van der Waals surface area (Å²) < 4.78 is 0. The Kier molecular flexibility index (Phi) is 6.53. The number of carbonyl (C=O) groups is 1. The molecule has 0 aliphatic carbocycles. The highest BCUT2D eigenvalue weighted by molar-refractivity contribution is 5.81. The lowest BCUT2D eigenvalue weighted by molar-refractivity contribution is -0.129. The smallest absolute Gasteiger partial charge is 0.241 e. The Labute approximate surface area is 150 Å². The van der Waals surface area contributed by atoms with Gasteiger partial charge in [-0.15, -0.1) is 0 Å². The van der Waals surface area contributed by atoms with E-state index < -0.39 is 0 Å². The number of nitrogens with two attached hydrogens (primary N) is 1. The van der Waals surface area contributed by atoms with Crippen LogP contribution in [-0.4, -0.2) is 42.5 Å². The third kappa shape index (κ3) is 5.87. The van der Waals surface area contributed by atoms with Gasteiger partial charge >= 0.3 is 0 Å². The molecular weight excluding hydrogens is 312 g/mol. The van der Waals surface area contributed by atoms with E-state index in [1.54, 1.807) is 11.1 Å². The second-order valence-corrected chi connectivity index (χ2v) is 7.17. The van der Waals surface area contributed by atoms with Gasteiger partial charge in [0.25, 0.3) is 0 Å². The number of hydrogen-bond donors (Lipinski definition) is 1. The fourth-order valence-electron chi connectivity index (χ4n) is 2.67. The highest BCUT2D eigenvalue weighted by Gasteiger charge is 2.22. The van der Waals surface area contributed by atoms with Gasteiger partial charge < -0.3 is 15.5 Å². The number of aromatic nitrogens is 1. The van der Waals surface area contributed by atoms with E-state index in [1.807, 2.05) is 55.7 Å². The number of benzene rings is 1. The lowest BCUT2D eigenvalue weighted by atomic mass is 9.93. The summed E-state index contributed by atoms with van der Waals surface area (Å²) in [4.78, 5) is 20.8. The van der Waals surface area contributed by atoms with E-state index in [4.69, 9.17) is 5.73 Å². The first-order chi connectivity index (χ1) is 11.9. The number of hydrogen-bond acceptors (Lipinski definition) is 4. The van der Waals surface area contributed by atoms with E-state index in [9.17, 15) is 4.79 Å². The number of amides is 1. The molecule has 0 aliphatic rings. The van der Waals surface area contributed by atoms with Gasteiger partial charge in [0, 0.05) is 38.2 Å². The van der Waals surface area contributed by atoms with E-state index in [1.165, 1.54) is 0 Å². The molecule has 1 aromatic carbocycles. The second-order valence-electron chi connectivity index (χ2n) is 7.17. The molecule has 1 amide bonds. The molecule has 0 atom stereocenters. The van der Waals surface area contributed by atoms with Crippen LogP contribution in [0.25, 0.3) is 0 Å². The molecule has 5 heteroatoms. The molecule has 0 bridgehead atoms. The first kappa shape index (κ1) is 18.9. The van der Waals surface area contributed by atoms with Crippen LogP contribution in [0.5, 0.6) is 0 Å². The van der Waals surface area contributed by atoms with Gasteiger partial charge in [-0.2, -0.15) is 0 Å². The molecular formula is C20H28N4O.